The number of hydrogen-bond acceptors (Lipinski definition) is 3. The molecule has 0 spiro atoms. The highest BCUT2D eigenvalue weighted by atomic mass is 35.5. The van der Waals surface area contributed by atoms with Gasteiger partial charge in [-0.3, -0.25) is 4.79 Å². The molecular formula is C15H23ClN2O2. The zero-order valence-corrected chi connectivity index (χ0v) is 12.5. The first-order valence-electron chi connectivity index (χ1n) is 7.01. The predicted octanol–water partition coefficient (Wildman–Crippen LogP) is 2.77. The van der Waals surface area contributed by atoms with Crippen LogP contribution in [0.3, 0.4) is 0 Å². The summed E-state index contributed by atoms with van der Waals surface area (Å²) in [5.74, 6) is -0.0758. The van der Waals surface area contributed by atoms with Crippen molar-refractivity contribution in [3.05, 3.63) is 29.8 Å². The third-order valence-corrected chi connectivity index (χ3v) is 3.41. The third kappa shape index (κ3) is 5.39. The topological polar surface area (TPSA) is 64.4 Å². The molecule has 0 aromatic heterocycles. The molecule has 1 aliphatic rings. The number of carbonyl (C=O) groups excluding carboxylic acids is 1. The number of anilines is 1. The van der Waals surface area contributed by atoms with Crippen molar-refractivity contribution >= 4 is 24.0 Å². The second-order valence-electron chi connectivity index (χ2n) is 5.01. The molecule has 1 aromatic carbocycles. The quantitative estimate of drug-likeness (QED) is 0.627. The van der Waals surface area contributed by atoms with Gasteiger partial charge in [-0.15, -0.1) is 12.4 Å². The summed E-state index contributed by atoms with van der Waals surface area (Å²) in [4.78, 5) is 11.8. The molecule has 1 aromatic rings. The monoisotopic (exact) mass is 298 g/mol. The zero-order valence-electron chi connectivity index (χ0n) is 11.6. The molecule has 0 radical (unpaired) electrons. The standard InChI is InChI=1S/C15H22N2O2.ClH/c16-13-6-3-5-12(11-13)15(18)17-9-4-10-19-14-7-1-2-8-14;/h3,5-6,11,14H,1-2,4,7-10,16H2,(H,17,18);1H. The average molecular weight is 299 g/mol. The number of hydrogen-bond donors (Lipinski definition) is 2. The predicted molar refractivity (Wildman–Crippen MR) is 83.3 cm³/mol. The normalized spacial score (nSPS) is 14.8. The van der Waals surface area contributed by atoms with E-state index >= 15 is 0 Å². The van der Waals surface area contributed by atoms with Gasteiger partial charge in [0.15, 0.2) is 0 Å². The number of nitrogens with two attached hydrogens (primary N) is 1. The van der Waals surface area contributed by atoms with Gasteiger partial charge >= 0.3 is 0 Å². The van der Waals surface area contributed by atoms with E-state index in [1.165, 1.54) is 25.7 Å². The molecule has 0 bridgehead atoms. The molecule has 112 valence electrons. The largest absolute Gasteiger partial charge is 0.399 e. The Morgan fingerprint density at radius 2 is 2.10 bits per heavy atom. The van der Waals surface area contributed by atoms with Gasteiger partial charge in [-0.1, -0.05) is 18.9 Å². The molecule has 0 unspecified atom stereocenters. The van der Waals surface area contributed by atoms with Crippen molar-refractivity contribution in [2.75, 3.05) is 18.9 Å². The molecule has 0 saturated heterocycles. The number of amides is 1. The van der Waals surface area contributed by atoms with E-state index in [9.17, 15) is 4.79 Å². The lowest BCUT2D eigenvalue weighted by Gasteiger charge is -2.11. The van der Waals surface area contributed by atoms with Crippen LogP contribution in [0, 0.1) is 0 Å². The first kappa shape index (κ1) is 16.8. The van der Waals surface area contributed by atoms with Crippen LogP contribution in [-0.2, 0) is 4.74 Å². The highest BCUT2D eigenvalue weighted by Crippen LogP contribution is 2.20. The van der Waals surface area contributed by atoms with Gasteiger partial charge in [-0.25, -0.2) is 0 Å². The molecule has 4 nitrogen and oxygen atoms in total. The lowest BCUT2D eigenvalue weighted by atomic mass is 10.2. The molecule has 2 rings (SSSR count). The maximum atomic E-state index is 11.8. The van der Waals surface area contributed by atoms with Gasteiger partial charge in [0, 0.05) is 24.4 Å². The molecule has 3 N–H and O–H groups in total. The molecule has 1 aliphatic carbocycles. The molecule has 5 heteroatoms. The molecule has 1 fully saturated rings. The fourth-order valence-electron chi connectivity index (χ4n) is 2.36. The number of nitrogen functional groups attached to an aromatic ring is 1. The Hall–Kier alpha value is -1.26. The second-order valence-corrected chi connectivity index (χ2v) is 5.01. The van der Waals surface area contributed by atoms with E-state index in [1.807, 2.05) is 0 Å². The van der Waals surface area contributed by atoms with Crippen LogP contribution in [0.1, 0.15) is 42.5 Å². The van der Waals surface area contributed by atoms with Crippen molar-refractivity contribution in [2.45, 2.75) is 38.2 Å². The van der Waals surface area contributed by atoms with Crippen LogP contribution in [0.5, 0.6) is 0 Å². The number of carbonyl (C=O) groups is 1. The first-order valence-corrected chi connectivity index (χ1v) is 7.01. The Balaban J connectivity index is 0.00000200. The summed E-state index contributed by atoms with van der Waals surface area (Å²) in [6, 6.07) is 7.00. The number of nitrogens with one attached hydrogen (secondary N) is 1. The Kier molecular flexibility index (Phi) is 7.41. The Morgan fingerprint density at radius 1 is 1.35 bits per heavy atom. The lowest BCUT2D eigenvalue weighted by molar-refractivity contribution is 0.0565. The van der Waals surface area contributed by atoms with Crippen molar-refractivity contribution in [3.63, 3.8) is 0 Å². The molecule has 20 heavy (non-hydrogen) atoms. The minimum atomic E-state index is -0.0758. The van der Waals surface area contributed by atoms with Crippen LogP contribution in [0.15, 0.2) is 24.3 Å². The SMILES string of the molecule is Cl.Nc1cccc(C(=O)NCCCOC2CCCC2)c1. The van der Waals surface area contributed by atoms with Gasteiger partial charge in [-0.05, 0) is 37.5 Å². The van der Waals surface area contributed by atoms with Crippen molar-refractivity contribution < 1.29 is 9.53 Å². The van der Waals surface area contributed by atoms with Gasteiger partial charge in [0.2, 0.25) is 0 Å². The van der Waals surface area contributed by atoms with Crippen molar-refractivity contribution in [1.82, 2.24) is 5.32 Å². The van der Waals surface area contributed by atoms with Crippen molar-refractivity contribution in [2.24, 2.45) is 0 Å². The van der Waals surface area contributed by atoms with E-state index in [1.54, 1.807) is 24.3 Å². The number of benzene rings is 1. The van der Waals surface area contributed by atoms with Gasteiger partial charge in [0.05, 0.1) is 6.10 Å². The maximum absolute atomic E-state index is 11.8. The molecule has 0 heterocycles. The molecular weight excluding hydrogens is 276 g/mol. The molecule has 0 aliphatic heterocycles. The second kappa shape index (κ2) is 8.82. The summed E-state index contributed by atoms with van der Waals surface area (Å²) >= 11 is 0. The highest BCUT2D eigenvalue weighted by Gasteiger charge is 2.14. The van der Waals surface area contributed by atoms with E-state index < -0.39 is 0 Å². The average Bonchev–Trinajstić information content (AvgIpc) is 2.91. The van der Waals surface area contributed by atoms with E-state index in [2.05, 4.69) is 5.32 Å². The van der Waals surface area contributed by atoms with Crippen LogP contribution in [0.2, 0.25) is 0 Å². The Bertz CT molecular complexity index is 420. The van der Waals surface area contributed by atoms with Gasteiger partial charge in [-0.2, -0.15) is 0 Å². The summed E-state index contributed by atoms with van der Waals surface area (Å²) in [6.45, 7) is 1.36. The maximum Gasteiger partial charge on any atom is 0.251 e. The van der Waals surface area contributed by atoms with Gasteiger partial charge in [0.1, 0.15) is 0 Å². The van der Waals surface area contributed by atoms with Crippen LogP contribution in [-0.4, -0.2) is 25.2 Å². The van der Waals surface area contributed by atoms with E-state index in [0.717, 1.165) is 13.0 Å². The summed E-state index contributed by atoms with van der Waals surface area (Å²) in [6.07, 6.45) is 6.26. The lowest BCUT2D eigenvalue weighted by Crippen LogP contribution is -2.25. The summed E-state index contributed by atoms with van der Waals surface area (Å²) in [7, 11) is 0. The van der Waals surface area contributed by atoms with E-state index in [-0.39, 0.29) is 18.3 Å². The number of ether oxygens (including phenoxy) is 1. The molecule has 1 amide bonds. The van der Waals surface area contributed by atoms with Crippen LogP contribution in [0.25, 0.3) is 0 Å². The fourth-order valence-corrected chi connectivity index (χ4v) is 2.36. The summed E-state index contributed by atoms with van der Waals surface area (Å²) in [5.41, 5.74) is 6.86. The van der Waals surface area contributed by atoms with E-state index in [4.69, 9.17) is 10.5 Å². The minimum absolute atomic E-state index is 0. The van der Waals surface area contributed by atoms with Crippen molar-refractivity contribution in [3.8, 4) is 0 Å². The first-order chi connectivity index (χ1) is 9.25. The van der Waals surface area contributed by atoms with Crippen LogP contribution >= 0.6 is 12.4 Å². The fraction of sp³-hybridized carbons (Fsp3) is 0.533. The van der Waals surface area contributed by atoms with Crippen LogP contribution in [0.4, 0.5) is 5.69 Å². The molecule has 0 atom stereocenters. The highest BCUT2D eigenvalue weighted by molar-refractivity contribution is 5.94. The van der Waals surface area contributed by atoms with Gasteiger partial charge in [0.25, 0.3) is 5.91 Å². The van der Waals surface area contributed by atoms with E-state index in [0.29, 0.717) is 23.9 Å². The Labute approximate surface area is 126 Å². The summed E-state index contributed by atoms with van der Waals surface area (Å²) < 4.78 is 5.74. The minimum Gasteiger partial charge on any atom is -0.399 e. The third-order valence-electron chi connectivity index (χ3n) is 3.41. The van der Waals surface area contributed by atoms with Gasteiger partial charge < -0.3 is 15.8 Å². The smallest absolute Gasteiger partial charge is 0.251 e. The number of rotatable bonds is 6. The summed E-state index contributed by atoms with van der Waals surface area (Å²) in [5, 5.41) is 2.88. The van der Waals surface area contributed by atoms with Crippen LogP contribution < -0.4 is 11.1 Å². The molecule has 1 saturated carbocycles. The Morgan fingerprint density at radius 3 is 2.80 bits per heavy atom. The number of halogens is 1. The zero-order chi connectivity index (χ0) is 13.5. The van der Waals surface area contributed by atoms with Crippen molar-refractivity contribution in [1.29, 1.82) is 0 Å².